The Balaban J connectivity index is 1.54. The number of allylic oxidation sites excluding steroid dienone is 1. The van der Waals surface area contributed by atoms with Crippen molar-refractivity contribution in [2.75, 3.05) is 6.61 Å². The molecule has 194 valence electrons. The lowest BCUT2D eigenvalue weighted by Gasteiger charge is -2.23. The molecule has 1 aliphatic heterocycles. The van der Waals surface area contributed by atoms with Gasteiger partial charge in [0.1, 0.15) is 18.4 Å². The smallest absolute Gasteiger partial charge is 0.338 e. The molecule has 2 aromatic heterocycles. The Hall–Kier alpha value is -2.79. The molecule has 0 fully saturated rings. The van der Waals surface area contributed by atoms with Crippen molar-refractivity contribution in [3.8, 4) is 5.75 Å². The Morgan fingerprint density at radius 2 is 1.87 bits per heavy atom. The van der Waals surface area contributed by atoms with Gasteiger partial charge >= 0.3 is 5.97 Å². The molecular weight excluding hydrogens is 652 g/mol. The van der Waals surface area contributed by atoms with Gasteiger partial charge in [0.15, 0.2) is 4.80 Å². The van der Waals surface area contributed by atoms with Crippen LogP contribution in [0.2, 0.25) is 0 Å². The molecule has 0 radical (unpaired) electrons. The maximum absolute atomic E-state index is 13.7. The van der Waals surface area contributed by atoms with Gasteiger partial charge in [0.2, 0.25) is 0 Å². The van der Waals surface area contributed by atoms with E-state index < -0.39 is 12.0 Å². The third-order valence-electron chi connectivity index (χ3n) is 5.87. The van der Waals surface area contributed by atoms with E-state index in [1.807, 2.05) is 66.1 Å². The summed E-state index contributed by atoms with van der Waals surface area (Å²) in [5, 5.41) is 1.93. The molecule has 0 amide bonds. The van der Waals surface area contributed by atoms with Gasteiger partial charge in [0.25, 0.3) is 5.56 Å². The molecule has 4 aromatic rings. The summed E-state index contributed by atoms with van der Waals surface area (Å²) in [5.74, 6) is 0.222. The van der Waals surface area contributed by atoms with E-state index in [0.29, 0.717) is 33.0 Å². The average Bonchev–Trinajstić information content (AvgIpc) is 3.52. The van der Waals surface area contributed by atoms with Crippen LogP contribution in [0.3, 0.4) is 0 Å². The number of thiazole rings is 1. The van der Waals surface area contributed by atoms with Gasteiger partial charge in [-0.1, -0.05) is 47.7 Å². The first kappa shape index (κ1) is 26.8. The molecule has 0 bridgehead atoms. The quantitative estimate of drug-likeness (QED) is 0.227. The lowest BCUT2D eigenvalue weighted by molar-refractivity contribution is -0.139. The van der Waals surface area contributed by atoms with E-state index in [2.05, 4.69) is 36.9 Å². The summed E-state index contributed by atoms with van der Waals surface area (Å²) in [7, 11) is 0. The van der Waals surface area contributed by atoms with E-state index in [-0.39, 0.29) is 12.2 Å². The molecule has 0 saturated heterocycles. The Kier molecular flexibility index (Phi) is 8.13. The second kappa shape index (κ2) is 11.5. The van der Waals surface area contributed by atoms with Crippen molar-refractivity contribution in [2.24, 2.45) is 4.99 Å². The monoisotopic (exact) mass is 672 g/mol. The summed E-state index contributed by atoms with van der Waals surface area (Å²) in [6, 6.07) is 17.0. The number of benzene rings is 2. The summed E-state index contributed by atoms with van der Waals surface area (Å²) in [6.45, 7) is 4.22. The second-order valence-corrected chi connectivity index (χ2v) is 12.1. The predicted octanol–water partition coefficient (Wildman–Crippen LogP) is 5.96. The highest BCUT2D eigenvalue weighted by Crippen LogP contribution is 2.36. The summed E-state index contributed by atoms with van der Waals surface area (Å²) in [6.07, 6.45) is 1.83. The van der Waals surface area contributed by atoms with Gasteiger partial charge in [-0.25, -0.2) is 9.79 Å². The normalized spacial score (nSPS) is 15.3. The highest BCUT2D eigenvalue weighted by atomic mass is 79.9. The van der Waals surface area contributed by atoms with E-state index >= 15 is 0 Å². The van der Waals surface area contributed by atoms with Gasteiger partial charge in [-0.2, -0.15) is 0 Å². The number of ether oxygens (including phenoxy) is 2. The maximum Gasteiger partial charge on any atom is 0.338 e. The molecule has 0 aliphatic carbocycles. The number of halogens is 2. The van der Waals surface area contributed by atoms with Gasteiger partial charge in [-0.15, -0.1) is 11.3 Å². The fraction of sp³-hybridized carbons (Fsp3) is 0.179. The minimum Gasteiger partial charge on any atom is -0.487 e. The second-order valence-electron chi connectivity index (χ2n) is 8.41. The molecule has 0 unspecified atom stereocenters. The third kappa shape index (κ3) is 5.36. The van der Waals surface area contributed by atoms with Gasteiger partial charge in [0.05, 0.1) is 31.4 Å². The van der Waals surface area contributed by atoms with Crippen LogP contribution in [-0.2, 0) is 16.1 Å². The first-order chi connectivity index (χ1) is 18.4. The van der Waals surface area contributed by atoms with Crippen molar-refractivity contribution >= 4 is 66.6 Å². The van der Waals surface area contributed by atoms with Crippen LogP contribution in [0.25, 0.3) is 6.08 Å². The first-order valence-corrected chi connectivity index (χ1v) is 15.0. The van der Waals surface area contributed by atoms with Crippen molar-refractivity contribution in [2.45, 2.75) is 26.5 Å². The zero-order valence-corrected chi connectivity index (χ0v) is 25.2. The fourth-order valence-corrected chi connectivity index (χ4v) is 7.51. The molecule has 5 rings (SSSR count). The number of hydrogen-bond acceptors (Lipinski definition) is 7. The SMILES string of the molecule is CCOC(=O)C1=C(C)N=c2s/c(=C\c3cc(Br)c(OCc4ccccc4)c(Br)c3)c(=O)n2[C@@H]1c1cccs1. The largest absolute Gasteiger partial charge is 0.487 e. The number of fused-ring (bicyclic) bond motifs is 1. The van der Waals surface area contributed by atoms with Crippen molar-refractivity contribution < 1.29 is 14.3 Å². The van der Waals surface area contributed by atoms with E-state index in [0.717, 1.165) is 24.9 Å². The van der Waals surface area contributed by atoms with Crippen LogP contribution in [0.4, 0.5) is 0 Å². The lowest BCUT2D eigenvalue weighted by Crippen LogP contribution is -2.39. The highest BCUT2D eigenvalue weighted by Gasteiger charge is 2.33. The molecule has 6 nitrogen and oxygen atoms in total. The van der Waals surface area contributed by atoms with Gasteiger partial charge < -0.3 is 9.47 Å². The lowest BCUT2D eigenvalue weighted by atomic mass is 10.0. The molecule has 2 aromatic carbocycles. The molecule has 1 atom stereocenters. The zero-order valence-electron chi connectivity index (χ0n) is 20.4. The van der Waals surface area contributed by atoms with Gasteiger partial charge in [-0.3, -0.25) is 9.36 Å². The first-order valence-electron chi connectivity index (χ1n) is 11.8. The van der Waals surface area contributed by atoms with Gasteiger partial charge in [-0.05, 0) is 86.5 Å². The topological polar surface area (TPSA) is 69.9 Å². The van der Waals surface area contributed by atoms with Gasteiger partial charge in [0, 0.05) is 4.88 Å². The predicted molar refractivity (Wildman–Crippen MR) is 157 cm³/mol. The summed E-state index contributed by atoms with van der Waals surface area (Å²) < 4.78 is 15.0. The molecule has 0 spiro atoms. The zero-order chi connectivity index (χ0) is 26.8. The minimum absolute atomic E-state index is 0.210. The van der Waals surface area contributed by atoms with E-state index in [9.17, 15) is 9.59 Å². The number of aromatic nitrogens is 1. The Labute approximate surface area is 243 Å². The number of nitrogens with zero attached hydrogens (tertiary/aromatic N) is 2. The Morgan fingerprint density at radius 1 is 1.13 bits per heavy atom. The van der Waals surface area contributed by atoms with Crippen LogP contribution >= 0.6 is 54.5 Å². The number of hydrogen-bond donors (Lipinski definition) is 0. The molecule has 0 N–H and O–H groups in total. The highest BCUT2D eigenvalue weighted by molar-refractivity contribution is 9.11. The summed E-state index contributed by atoms with van der Waals surface area (Å²) >= 11 is 10.0. The van der Waals surface area contributed by atoms with E-state index in [1.165, 1.54) is 22.7 Å². The standard InChI is InChI=1S/C28H22Br2N2O4S2/c1-3-35-27(34)23-16(2)31-28-32(24(23)21-10-7-11-37-21)26(33)22(38-28)14-18-12-19(29)25(20(30)13-18)36-15-17-8-5-4-6-9-17/h4-14,24H,3,15H2,1-2H3/b22-14-/t24-/m1/s1. The summed E-state index contributed by atoms with van der Waals surface area (Å²) in [5.41, 5.74) is 2.61. The Morgan fingerprint density at radius 3 is 2.53 bits per heavy atom. The fourth-order valence-electron chi connectivity index (χ4n) is 4.19. The van der Waals surface area contributed by atoms with Crippen molar-refractivity contribution in [1.82, 2.24) is 4.57 Å². The van der Waals surface area contributed by atoms with Crippen LogP contribution in [0.15, 0.2) is 90.0 Å². The molecule has 0 saturated carbocycles. The van der Waals surface area contributed by atoms with Crippen molar-refractivity contribution in [1.29, 1.82) is 0 Å². The van der Waals surface area contributed by atoms with Crippen molar-refractivity contribution in [3.05, 3.63) is 116 Å². The molecule has 1 aliphatic rings. The average molecular weight is 674 g/mol. The maximum atomic E-state index is 13.7. The van der Waals surface area contributed by atoms with Crippen molar-refractivity contribution in [3.63, 3.8) is 0 Å². The summed E-state index contributed by atoms with van der Waals surface area (Å²) in [4.78, 5) is 32.7. The van der Waals surface area contributed by atoms with Crippen LogP contribution in [0.5, 0.6) is 5.75 Å². The number of rotatable bonds is 7. The number of carbonyl (C=O) groups is 1. The molecule has 38 heavy (non-hydrogen) atoms. The number of esters is 1. The van der Waals surface area contributed by atoms with Crippen LogP contribution in [0.1, 0.15) is 35.9 Å². The van der Waals surface area contributed by atoms with Crippen LogP contribution in [-0.4, -0.2) is 17.1 Å². The number of thiophene rings is 1. The van der Waals surface area contributed by atoms with E-state index in [4.69, 9.17) is 9.47 Å². The van der Waals surface area contributed by atoms with Crippen LogP contribution < -0.4 is 19.6 Å². The van der Waals surface area contributed by atoms with Crippen LogP contribution in [0, 0.1) is 0 Å². The third-order valence-corrected chi connectivity index (χ3v) is 8.96. The molecule has 3 heterocycles. The van der Waals surface area contributed by atoms with E-state index in [1.54, 1.807) is 18.4 Å². The molecular formula is C28H22Br2N2O4S2. The minimum atomic E-state index is -0.584. The Bertz CT molecular complexity index is 1680. The number of carbonyl (C=O) groups excluding carboxylic acids is 1. The molecule has 10 heteroatoms.